The lowest BCUT2D eigenvalue weighted by Gasteiger charge is -2.09. The van der Waals surface area contributed by atoms with Crippen molar-refractivity contribution in [2.45, 2.75) is 18.7 Å². The Morgan fingerprint density at radius 1 is 1.21 bits per heavy atom. The molecule has 0 saturated carbocycles. The lowest BCUT2D eigenvalue weighted by molar-refractivity contribution is -0.123. The Labute approximate surface area is 118 Å². The molecule has 0 spiro atoms. The fraction of sp³-hybridized carbons (Fsp3) is 0.417. The summed E-state index contributed by atoms with van der Waals surface area (Å²) >= 11 is 5.69. The van der Waals surface area contributed by atoms with Crippen molar-refractivity contribution < 1.29 is 13.2 Å². The van der Waals surface area contributed by atoms with Gasteiger partial charge in [0, 0.05) is 24.0 Å². The molecule has 2 N–H and O–H groups in total. The van der Waals surface area contributed by atoms with Crippen molar-refractivity contribution in [3.8, 4) is 0 Å². The van der Waals surface area contributed by atoms with E-state index in [2.05, 4.69) is 10.0 Å². The van der Waals surface area contributed by atoms with E-state index in [1.54, 1.807) is 13.8 Å². The molecule has 0 fully saturated rings. The van der Waals surface area contributed by atoms with Crippen molar-refractivity contribution >= 4 is 27.5 Å². The van der Waals surface area contributed by atoms with Crippen molar-refractivity contribution in [2.75, 3.05) is 13.1 Å². The van der Waals surface area contributed by atoms with Gasteiger partial charge in [-0.3, -0.25) is 4.79 Å². The molecule has 0 aliphatic rings. The summed E-state index contributed by atoms with van der Waals surface area (Å²) in [6, 6.07) is 5.88. The van der Waals surface area contributed by atoms with Gasteiger partial charge in [0.15, 0.2) is 0 Å². The van der Waals surface area contributed by atoms with Crippen LogP contribution in [0.2, 0.25) is 5.02 Å². The van der Waals surface area contributed by atoms with E-state index in [9.17, 15) is 13.2 Å². The van der Waals surface area contributed by atoms with Gasteiger partial charge in [0.25, 0.3) is 0 Å². The van der Waals surface area contributed by atoms with Crippen LogP contribution in [0, 0.1) is 5.92 Å². The van der Waals surface area contributed by atoms with Crippen LogP contribution < -0.4 is 10.0 Å². The number of hydrogen-bond acceptors (Lipinski definition) is 3. The molecule has 0 saturated heterocycles. The van der Waals surface area contributed by atoms with E-state index in [1.807, 2.05) is 0 Å². The quantitative estimate of drug-likeness (QED) is 0.780. The largest absolute Gasteiger partial charge is 0.355 e. The zero-order valence-corrected chi connectivity index (χ0v) is 12.4. The minimum absolute atomic E-state index is 0.106. The Morgan fingerprint density at radius 2 is 1.79 bits per heavy atom. The number of carbonyl (C=O) groups excluding carboxylic acids is 1. The minimum Gasteiger partial charge on any atom is -0.355 e. The summed E-state index contributed by atoms with van der Waals surface area (Å²) in [4.78, 5) is 11.4. The number of benzene rings is 1. The molecule has 0 unspecified atom stereocenters. The molecule has 7 heteroatoms. The maximum atomic E-state index is 11.9. The molecule has 0 aromatic heterocycles. The number of sulfonamides is 1. The zero-order chi connectivity index (χ0) is 14.5. The van der Waals surface area contributed by atoms with Crippen LogP contribution in [0.4, 0.5) is 0 Å². The van der Waals surface area contributed by atoms with Gasteiger partial charge in [0.05, 0.1) is 4.90 Å². The lowest BCUT2D eigenvalue weighted by Crippen LogP contribution is -2.36. The first-order valence-electron chi connectivity index (χ1n) is 5.86. The maximum Gasteiger partial charge on any atom is 0.240 e. The van der Waals surface area contributed by atoms with Crippen LogP contribution in [0.25, 0.3) is 0 Å². The third kappa shape index (κ3) is 5.18. The smallest absolute Gasteiger partial charge is 0.240 e. The monoisotopic (exact) mass is 304 g/mol. The molecule has 0 bridgehead atoms. The number of hydrogen-bond donors (Lipinski definition) is 2. The van der Waals surface area contributed by atoms with E-state index < -0.39 is 10.0 Å². The third-order valence-corrected chi connectivity index (χ3v) is 4.09. The first kappa shape index (κ1) is 15.9. The number of carbonyl (C=O) groups is 1. The number of amides is 1. The number of rotatable bonds is 6. The Kier molecular flexibility index (Phi) is 5.78. The minimum atomic E-state index is -3.56. The van der Waals surface area contributed by atoms with Crippen molar-refractivity contribution in [1.29, 1.82) is 0 Å². The van der Waals surface area contributed by atoms with Crippen LogP contribution in [0.15, 0.2) is 29.2 Å². The van der Waals surface area contributed by atoms with E-state index in [-0.39, 0.29) is 29.8 Å². The normalized spacial score (nSPS) is 11.6. The summed E-state index contributed by atoms with van der Waals surface area (Å²) < 4.78 is 26.1. The molecule has 106 valence electrons. The van der Waals surface area contributed by atoms with Gasteiger partial charge in [-0.05, 0) is 24.3 Å². The van der Waals surface area contributed by atoms with Crippen molar-refractivity contribution in [3.05, 3.63) is 29.3 Å². The second-order valence-electron chi connectivity index (χ2n) is 4.30. The summed E-state index contributed by atoms with van der Waals surface area (Å²) in [5.41, 5.74) is 0. The molecule has 0 atom stereocenters. The van der Waals surface area contributed by atoms with Gasteiger partial charge in [-0.2, -0.15) is 0 Å². The predicted molar refractivity (Wildman–Crippen MR) is 74.5 cm³/mol. The van der Waals surface area contributed by atoms with E-state index in [4.69, 9.17) is 11.6 Å². The standard InChI is InChI=1S/C12H17ClN2O3S/c1-9(2)12(16)14-7-8-15-19(17,18)11-5-3-10(13)4-6-11/h3-6,9,15H,7-8H2,1-2H3,(H,14,16). The molecule has 0 radical (unpaired) electrons. The van der Waals surface area contributed by atoms with Gasteiger partial charge >= 0.3 is 0 Å². The van der Waals surface area contributed by atoms with E-state index >= 15 is 0 Å². The van der Waals surface area contributed by atoms with E-state index in [0.29, 0.717) is 5.02 Å². The second-order valence-corrected chi connectivity index (χ2v) is 6.50. The highest BCUT2D eigenvalue weighted by atomic mass is 35.5. The van der Waals surface area contributed by atoms with Crippen LogP contribution >= 0.6 is 11.6 Å². The lowest BCUT2D eigenvalue weighted by atomic mass is 10.2. The first-order chi connectivity index (χ1) is 8.83. The van der Waals surface area contributed by atoms with Gasteiger partial charge in [-0.25, -0.2) is 13.1 Å². The molecule has 1 aromatic rings. The summed E-state index contributed by atoms with van der Waals surface area (Å²) in [5.74, 6) is -0.224. The molecule has 1 aromatic carbocycles. The fourth-order valence-electron chi connectivity index (χ4n) is 1.27. The highest BCUT2D eigenvalue weighted by molar-refractivity contribution is 7.89. The third-order valence-electron chi connectivity index (χ3n) is 2.36. The van der Waals surface area contributed by atoms with Gasteiger partial charge in [0.2, 0.25) is 15.9 Å². The van der Waals surface area contributed by atoms with Gasteiger partial charge < -0.3 is 5.32 Å². The molecular formula is C12H17ClN2O3S. The van der Waals surface area contributed by atoms with Gasteiger partial charge in [-0.1, -0.05) is 25.4 Å². The second kappa shape index (κ2) is 6.88. The van der Waals surface area contributed by atoms with E-state index in [1.165, 1.54) is 24.3 Å². The van der Waals surface area contributed by atoms with Crippen molar-refractivity contribution in [3.63, 3.8) is 0 Å². The Morgan fingerprint density at radius 3 is 2.32 bits per heavy atom. The fourth-order valence-corrected chi connectivity index (χ4v) is 2.43. The molecule has 19 heavy (non-hydrogen) atoms. The van der Waals surface area contributed by atoms with Gasteiger partial charge in [-0.15, -0.1) is 0 Å². The Balaban J connectivity index is 2.48. The molecule has 1 rings (SSSR count). The summed E-state index contributed by atoms with van der Waals surface area (Å²) in [6.07, 6.45) is 0. The molecule has 0 aliphatic heterocycles. The molecule has 0 heterocycles. The van der Waals surface area contributed by atoms with Crippen LogP contribution in [0.1, 0.15) is 13.8 Å². The number of nitrogens with one attached hydrogen (secondary N) is 2. The highest BCUT2D eigenvalue weighted by Gasteiger charge is 2.13. The molecule has 1 amide bonds. The zero-order valence-electron chi connectivity index (χ0n) is 10.8. The predicted octanol–water partition coefficient (Wildman–Crippen LogP) is 1.39. The highest BCUT2D eigenvalue weighted by Crippen LogP contribution is 2.13. The van der Waals surface area contributed by atoms with Gasteiger partial charge in [0.1, 0.15) is 0 Å². The van der Waals surface area contributed by atoms with E-state index in [0.717, 1.165) is 0 Å². The van der Waals surface area contributed by atoms with Crippen LogP contribution in [-0.2, 0) is 14.8 Å². The number of halogens is 1. The van der Waals surface area contributed by atoms with Crippen LogP contribution in [0.5, 0.6) is 0 Å². The SMILES string of the molecule is CC(C)C(=O)NCCNS(=O)(=O)c1ccc(Cl)cc1. The topological polar surface area (TPSA) is 75.3 Å². The molecular weight excluding hydrogens is 288 g/mol. The molecule has 5 nitrogen and oxygen atoms in total. The Bertz CT molecular complexity index is 526. The van der Waals surface area contributed by atoms with Crippen molar-refractivity contribution in [1.82, 2.24) is 10.0 Å². The van der Waals surface area contributed by atoms with Crippen LogP contribution in [-0.4, -0.2) is 27.4 Å². The molecule has 0 aliphatic carbocycles. The first-order valence-corrected chi connectivity index (χ1v) is 7.72. The summed E-state index contributed by atoms with van der Waals surface area (Å²) in [7, 11) is -3.56. The maximum absolute atomic E-state index is 11.9. The average Bonchev–Trinajstić information content (AvgIpc) is 2.34. The van der Waals surface area contributed by atoms with Crippen molar-refractivity contribution in [2.24, 2.45) is 5.92 Å². The average molecular weight is 305 g/mol. The summed E-state index contributed by atoms with van der Waals surface area (Å²) in [5, 5.41) is 3.10. The van der Waals surface area contributed by atoms with Crippen LogP contribution in [0.3, 0.4) is 0 Å². The Hall–Kier alpha value is -1.11. The summed E-state index contributed by atoms with van der Waals surface area (Å²) in [6.45, 7) is 3.94.